The largest absolute Gasteiger partial charge is 0.456 e. The Morgan fingerprint density at radius 3 is 2.19 bits per heavy atom. The van der Waals surface area contributed by atoms with Crippen molar-refractivity contribution in [1.29, 1.82) is 0 Å². The van der Waals surface area contributed by atoms with E-state index in [4.69, 9.17) is 18.9 Å². The second kappa shape index (κ2) is 12.2. The van der Waals surface area contributed by atoms with Crippen molar-refractivity contribution >= 4 is 17.7 Å². The lowest BCUT2D eigenvalue weighted by atomic mass is 9.99. The van der Waals surface area contributed by atoms with E-state index in [1.54, 1.807) is 0 Å². The van der Waals surface area contributed by atoms with Crippen LogP contribution in [0.15, 0.2) is 60.7 Å². The van der Waals surface area contributed by atoms with Gasteiger partial charge in [0.15, 0.2) is 6.10 Å². The van der Waals surface area contributed by atoms with E-state index in [1.165, 1.54) is 18.7 Å². The molecular weight excluding hydrogens is 416 g/mol. The fourth-order valence-electron chi connectivity index (χ4n) is 3.48. The minimum Gasteiger partial charge on any atom is -0.456 e. The number of ether oxygens (including phenoxy) is 4. The lowest BCUT2D eigenvalue weighted by Crippen LogP contribution is -2.59. The van der Waals surface area contributed by atoms with Crippen LogP contribution in [-0.4, -0.2) is 53.3 Å². The Hall–Kier alpha value is -1.90. The molecular formula is C24H30O6S. The van der Waals surface area contributed by atoms with E-state index >= 15 is 0 Å². The van der Waals surface area contributed by atoms with E-state index in [0.717, 1.165) is 16.9 Å². The number of carbonyl (C=O) groups is 1. The van der Waals surface area contributed by atoms with Crippen molar-refractivity contribution in [2.45, 2.75) is 56.9 Å². The van der Waals surface area contributed by atoms with Gasteiger partial charge in [-0.05, 0) is 16.9 Å². The third-order valence-corrected chi connectivity index (χ3v) is 5.97. The molecule has 0 amide bonds. The van der Waals surface area contributed by atoms with Crippen LogP contribution in [-0.2, 0) is 37.0 Å². The molecule has 31 heavy (non-hydrogen) atoms. The highest BCUT2D eigenvalue weighted by Crippen LogP contribution is 2.32. The van der Waals surface area contributed by atoms with Crippen molar-refractivity contribution < 1.29 is 28.8 Å². The minimum absolute atomic E-state index is 0.249. The summed E-state index contributed by atoms with van der Waals surface area (Å²) < 4.78 is 23.6. The highest BCUT2D eigenvalue weighted by molar-refractivity contribution is 7.99. The Morgan fingerprint density at radius 1 is 1.00 bits per heavy atom. The normalized spacial score (nSPS) is 25.8. The van der Waals surface area contributed by atoms with Crippen molar-refractivity contribution in [2.24, 2.45) is 0 Å². The van der Waals surface area contributed by atoms with Crippen LogP contribution in [0.3, 0.4) is 0 Å². The van der Waals surface area contributed by atoms with E-state index < -0.39 is 35.8 Å². The molecule has 1 N–H and O–H groups in total. The number of benzene rings is 2. The number of hydrogen-bond acceptors (Lipinski definition) is 7. The van der Waals surface area contributed by atoms with Crippen LogP contribution in [0.2, 0.25) is 0 Å². The molecule has 2 aromatic rings. The quantitative estimate of drug-likeness (QED) is 0.560. The molecule has 5 atom stereocenters. The van der Waals surface area contributed by atoms with Crippen LogP contribution in [0.25, 0.3) is 0 Å². The molecule has 1 fully saturated rings. The maximum absolute atomic E-state index is 11.6. The Labute approximate surface area is 187 Å². The first-order valence-electron chi connectivity index (χ1n) is 10.5. The molecule has 0 unspecified atom stereocenters. The number of rotatable bonds is 10. The number of hydrogen-bond donors (Lipinski definition) is 1. The zero-order valence-electron chi connectivity index (χ0n) is 17.9. The Morgan fingerprint density at radius 2 is 1.61 bits per heavy atom. The van der Waals surface area contributed by atoms with E-state index in [2.05, 4.69) is 0 Å². The number of aliphatic hydroxyl groups excluding tert-OH is 1. The van der Waals surface area contributed by atoms with Gasteiger partial charge in [0.1, 0.15) is 23.7 Å². The number of carbonyl (C=O) groups excluding carboxylic acids is 1. The summed E-state index contributed by atoms with van der Waals surface area (Å²) in [4.78, 5) is 11.6. The lowest BCUT2D eigenvalue weighted by Gasteiger charge is -2.43. The van der Waals surface area contributed by atoms with E-state index in [-0.39, 0.29) is 6.61 Å². The van der Waals surface area contributed by atoms with Gasteiger partial charge in [0, 0.05) is 6.92 Å². The first kappa shape index (κ1) is 23.8. The fraction of sp³-hybridized carbons (Fsp3) is 0.458. The molecule has 0 radical (unpaired) electrons. The standard InChI is InChI=1S/C24H30O6S/c1-3-31-24-23(29-17(2)25)21(26)22(28-15-19-12-8-5-9-13-19)20(30-24)16-27-14-18-10-6-4-7-11-18/h4-13,20-24,26H,3,14-16H2,1-2H3/t20-,21+,22-,23-,24+/m1/s1. The molecule has 0 aliphatic carbocycles. The fourth-order valence-corrected chi connectivity index (χ4v) is 4.44. The average Bonchev–Trinajstić information content (AvgIpc) is 2.77. The van der Waals surface area contributed by atoms with Gasteiger partial charge in [-0.15, -0.1) is 11.8 Å². The van der Waals surface area contributed by atoms with Crippen molar-refractivity contribution in [3.8, 4) is 0 Å². The van der Waals surface area contributed by atoms with Gasteiger partial charge in [-0.1, -0.05) is 67.6 Å². The van der Waals surface area contributed by atoms with Gasteiger partial charge in [-0.2, -0.15) is 0 Å². The van der Waals surface area contributed by atoms with Crippen LogP contribution >= 0.6 is 11.8 Å². The molecule has 2 aromatic carbocycles. The summed E-state index contributed by atoms with van der Waals surface area (Å²) in [5, 5.41) is 11.1. The van der Waals surface area contributed by atoms with Gasteiger partial charge in [0.2, 0.25) is 0 Å². The first-order valence-corrected chi connectivity index (χ1v) is 11.5. The van der Waals surface area contributed by atoms with Gasteiger partial charge < -0.3 is 24.1 Å². The lowest BCUT2D eigenvalue weighted by molar-refractivity contribution is -0.236. The molecule has 1 aliphatic rings. The van der Waals surface area contributed by atoms with Crippen molar-refractivity contribution in [2.75, 3.05) is 12.4 Å². The number of thioether (sulfide) groups is 1. The predicted octanol–water partition coefficient (Wildman–Crippen LogP) is 3.56. The highest BCUT2D eigenvalue weighted by Gasteiger charge is 2.47. The number of aliphatic hydroxyl groups is 1. The molecule has 1 saturated heterocycles. The average molecular weight is 447 g/mol. The number of esters is 1. The van der Waals surface area contributed by atoms with Crippen LogP contribution < -0.4 is 0 Å². The summed E-state index contributed by atoms with van der Waals surface area (Å²) in [6.07, 6.45) is -3.04. The van der Waals surface area contributed by atoms with Gasteiger partial charge in [-0.25, -0.2) is 0 Å². The summed E-state index contributed by atoms with van der Waals surface area (Å²) in [6.45, 7) is 4.30. The smallest absolute Gasteiger partial charge is 0.303 e. The topological polar surface area (TPSA) is 74.2 Å². The van der Waals surface area contributed by atoms with Gasteiger partial charge in [0.05, 0.1) is 19.8 Å². The predicted molar refractivity (Wildman–Crippen MR) is 119 cm³/mol. The summed E-state index contributed by atoms with van der Waals surface area (Å²) in [5.74, 6) is 0.289. The zero-order valence-corrected chi connectivity index (χ0v) is 18.7. The molecule has 1 heterocycles. The molecule has 1 aliphatic heterocycles. The van der Waals surface area contributed by atoms with Crippen LogP contribution in [0.1, 0.15) is 25.0 Å². The van der Waals surface area contributed by atoms with Crippen molar-refractivity contribution in [3.63, 3.8) is 0 Å². The molecule has 0 saturated carbocycles. The monoisotopic (exact) mass is 446 g/mol. The van der Waals surface area contributed by atoms with E-state index in [0.29, 0.717) is 13.2 Å². The maximum Gasteiger partial charge on any atom is 0.303 e. The SMILES string of the molecule is CCS[C@@H]1O[C@H](COCc2ccccc2)[C@@H](OCc2ccccc2)[C@H](O)[C@H]1OC(C)=O. The summed E-state index contributed by atoms with van der Waals surface area (Å²) in [5.41, 5.74) is 1.54. The van der Waals surface area contributed by atoms with Crippen LogP contribution in [0.4, 0.5) is 0 Å². The van der Waals surface area contributed by atoms with Gasteiger partial charge in [-0.3, -0.25) is 4.79 Å². The third-order valence-electron chi connectivity index (χ3n) is 4.93. The van der Waals surface area contributed by atoms with Crippen molar-refractivity contribution in [1.82, 2.24) is 0 Å². The maximum atomic E-state index is 11.6. The minimum atomic E-state index is -1.03. The first-order chi connectivity index (χ1) is 15.1. The molecule has 0 aromatic heterocycles. The van der Waals surface area contributed by atoms with E-state index in [9.17, 15) is 9.90 Å². The summed E-state index contributed by atoms with van der Waals surface area (Å²) in [6, 6.07) is 19.6. The second-order valence-corrected chi connectivity index (χ2v) is 8.70. The highest BCUT2D eigenvalue weighted by atomic mass is 32.2. The molecule has 6 nitrogen and oxygen atoms in total. The van der Waals surface area contributed by atoms with Crippen LogP contribution in [0.5, 0.6) is 0 Å². The molecule has 0 spiro atoms. The third kappa shape index (κ3) is 7.05. The van der Waals surface area contributed by atoms with Gasteiger partial charge >= 0.3 is 5.97 Å². The molecule has 3 rings (SSSR count). The van der Waals surface area contributed by atoms with Crippen molar-refractivity contribution in [3.05, 3.63) is 71.8 Å². The Bertz CT molecular complexity index is 787. The molecule has 168 valence electrons. The zero-order chi connectivity index (χ0) is 22.1. The summed E-state index contributed by atoms with van der Waals surface area (Å²) >= 11 is 1.49. The van der Waals surface area contributed by atoms with E-state index in [1.807, 2.05) is 67.6 Å². The summed E-state index contributed by atoms with van der Waals surface area (Å²) in [7, 11) is 0. The second-order valence-electron chi connectivity index (χ2n) is 7.32. The Balaban J connectivity index is 1.71. The Kier molecular flexibility index (Phi) is 9.36. The molecule has 7 heteroatoms. The van der Waals surface area contributed by atoms with Crippen LogP contribution in [0, 0.1) is 0 Å². The molecule has 0 bridgehead atoms. The van der Waals surface area contributed by atoms with Gasteiger partial charge in [0.25, 0.3) is 0 Å².